The van der Waals surface area contributed by atoms with Crippen LogP contribution in [-0.2, 0) is 17.9 Å². The van der Waals surface area contributed by atoms with Crippen LogP contribution in [0.25, 0.3) is 0 Å². The molecule has 0 atom stereocenters. The maximum absolute atomic E-state index is 12.0. The monoisotopic (exact) mass is 384 g/mol. The van der Waals surface area contributed by atoms with Crippen LogP contribution in [0.5, 0.6) is 11.5 Å². The minimum atomic E-state index is 0. The summed E-state index contributed by atoms with van der Waals surface area (Å²) in [5, 5.41) is 4.92. The van der Waals surface area contributed by atoms with Crippen molar-refractivity contribution in [2.45, 2.75) is 20.1 Å². The Hall–Kier alpha value is -1.76. The summed E-state index contributed by atoms with van der Waals surface area (Å²) >= 11 is 1.66. The lowest BCUT2D eigenvalue weighted by atomic mass is 10.2. The SMILES string of the molecule is CCN(Cc1ccc(OCc2cccs2)c(OC)c1)C(=O)CNC.Cl. The van der Waals surface area contributed by atoms with Gasteiger partial charge in [0.15, 0.2) is 11.5 Å². The molecule has 0 aliphatic heterocycles. The summed E-state index contributed by atoms with van der Waals surface area (Å²) in [7, 11) is 3.40. The number of carbonyl (C=O) groups is 1. The molecular formula is C18H25ClN2O3S. The molecule has 25 heavy (non-hydrogen) atoms. The van der Waals surface area contributed by atoms with Crippen LogP contribution in [0.2, 0.25) is 0 Å². The van der Waals surface area contributed by atoms with Crippen LogP contribution in [0, 0.1) is 0 Å². The molecule has 0 aliphatic carbocycles. The van der Waals surface area contributed by atoms with Gasteiger partial charge in [-0.25, -0.2) is 0 Å². The van der Waals surface area contributed by atoms with Gasteiger partial charge in [-0.2, -0.15) is 0 Å². The highest BCUT2D eigenvalue weighted by molar-refractivity contribution is 7.09. The predicted molar refractivity (Wildman–Crippen MR) is 104 cm³/mol. The largest absolute Gasteiger partial charge is 0.493 e. The number of nitrogens with one attached hydrogen (secondary N) is 1. The van der Waals surface area contributed by atoms with Crippen LogP contribution in [0.3, 0.4) is 0 Å². The summed E-state index contributed by atoms with van der Waals surface area (Å²) in [6, 6.07) is 9.85. The van der Waals surface area contributed by atoms with E-state index in [0.29, 0.717) is 37.7 Å². The molecule has 0 fully saturated rings. The Kier molecular flexibility index (Phi) is 9.34. The maximum atomic E-state index is 12.0. The second-order valence-electron chi connectivity index (χ2n) is 5.29. The van der Waals surface area contributed by atoms with E-state index in [1.54, 1.807) is 30.4 Å². The van der Waals surface area contributed by atoms with Crippen LogP contribution in [0.15, 0.2) is 35.7 Å². The summed E-state index contributed by atoms with van der Waals surface area (Å²) < 4.78 is 11.3. The molecule has 0 unspecified atom stereocenters. The summed E-state index contributed by atoms with van der Waals surface area (Å²) in [4.78, 5) is 15.0. The van der Waals surface area contributed by atoms with E-state index in [1.165, 1.54) is 0 Å². The number of rotatable bonds is 9. The van der Waals surface area contributed by atoms with Gasteiger partial charge in [0.2, 0.25) is 5.91 Å². The number of thiophene rings is 1. The summed E-state index contributed by atoms with van der Waals surface area (Å²) in [5.74, 6) is 1.47. The van der Waals surface area contributed by atoms with Crippen LogP contribution in [0.1, 0.15) is 17.4 Å². The van der Waals surface area contributed by atoms with E-state index in [-0.39, 0.29) is 18.3 Å². The minimum Gasteiger partial charge on any atom is -0.493 e. The van der Waals surface area contributed by atoms with Gasteiger partial charge in [-0.1, -0.05) is 12.1 Å². The first-order chi connectivity index (χ1) is 11.7. The lowest BCUT2D eigenvalue weighted by molar-refractivity contribution is -0.130. The van der Waals surface area contributed by atoms with Gasteiger partial charge in [0.1, 0.15) is 6.61 Å². The zero-order valence-electron chi connectivity index (χ0n) is 14.8. The topological polar surface area (TPSA) is 50.8 Å². The molecule has 0 saturated heterocycles. The maximum Gasteiger partial charge on any atom is 0.236 e. The Bertz CT molecular complexity index is 650. The average molecular weight is 385 g/mol. The van der Waals surface area contributed by atoms with Crippen molar-refractivity contribution in [1.29, 1.82) is 0 Å². The molecule has 1 aromatic heterocycles. The van der Waals surface area contributed by atoms with Crippen molar-refractivity contribution in [3.8, 4) is 11.5 Å². The average Bonchev–Trinajstić information content (AvgIpc) is 3.11. The van der Waals surface area contributed by atoms with Crippen molar-refractivity contribution >= 4 is 29.7 Å². The third kappa shape index (κ3) is 6.23. The van der Waals surface area contributed by atoms with Crippen molar-refractivity contribution in [2.24, 2.45) is 0 Å². The van der Waals surface area contributed by atoms with Gasteiger partial charge in [-0.05, 0) is 43.1 Å². The molecule has 0 radical (unpaired) electrons. The number of ether oxygens (including phenoxy) is 2. The Balaban J connectivity index is 0.00000312. The lowest BCUT2D eigenvalue weighted by Gasteiger charge is -2.21. The zero-order chi connectivity index (χ0) is 17.4. The molecule has 1 aromatic carbocycles. The standard InChI is InChI=1S/C18H24N2O3S.ClH/c1-4-20(18(21)11-19-2)12-14-7-8-16(17(10-14)22-3)23-13-15-6-5-9-24-15;/h5-10,19H,4,11-13H2,1-3H3;1H. The molecule has 138 valence electrons. The molecule has 0 saturated carbocycles. The Morgan fingerprint density at radius 2 is 2.08 bits per heavy atom. The predicted octanol–water partition coefficient (Wildman–Crippen LogP) is 3.33. The van der Waals surface area contributed by atoms with Crippen LogP contribution in [-0.4, -0.2) is 38.1 Å². The third-order valence-corrected chi connectivity index (χ3v) is 4.46. The molecule has 0 bridgehead atoms. The fraction of sp³-hybridized carbons (Fsp3) is 0.389. The van der Waals surface area contributed by atoms with Crippen molar-refractivity contribution < 1.29 is 14.3 Å². The lowest BCUT2D eigenvalue weighted by Crippen LogP contribution is -2.36. The number of methoxy groups -OCH3 is 1. The van der Waals surface area contributed by atoms with Gasteiger partial charge in [0.25, 0.3) is 0 Å². The molecule has 1 heterocycles. The van der Waals surface area contributed by atoms with Crippen LogP contribution >= 0.6 is 23.7 Å². The highest BCUT2D eigenvalue weighted by atomic mass is 35.5. The minimum absolute atomic E-state index is 0. The molecule has 0 spiro atoms. The first-order valence-corrected chi connectivity index (χ1v) is 8.80. The zero-order valence-corrected chi connectivity index (χ0v) is 16.4. The molecule has 1 N–H and O–H groups in total. The van der Waals surface area contributed by atoms with Crippen LogP contribution < -0.4 is 14.8 Å². The van der Waals surface area contributed by atoms with Gasteiger partial charge in [0, 0.05) is 18.0 Å². The summed E-state index contributed by atoms with van der Waals surface area (Å²) in [5.41, 5.74) is 1.02. The van der Waals surface area contributed by atoms with E-state index in [9.17, 15) is 4.79 Å². The normalized spacial score (nSPS) is 10.0. The molecule has 5 nitrogen and oxygen atoms in total. The Labute approximate surface area is 159 Å². The Morgan fingerprint density at radius 3 is 2.68 bits per heavy atom. The number of hydrogen-bond donors (Lipinski definition) is 1. The smallest absolute Gasteiger partial charge is 0.236 e. The quantitative estimate of drug-likeness (QED) is 0.720. The van der Waals surface area contributed by atoms with E-state index in [2.05, 4.69) is 5.32 Å². The fourth-order valence-corrected chi connectivity index (χ4v) is 2.95. The van der Waals surface area contributed by atoms with E-state index in [1.807, 2.05) is 42.6 Å². The number of nitrogens with zero attached hydrogens (tertiary/aromatic N) is 1. The molecule has 2 rings (SSSR count). The van der Waals surface area contributed by atoms with Crippen molar-refractivity contribution in [1.82, 2.24) is 10.2 Å². The number of hydrogen-bond acceptors (Lipinski definition) is 5. The fourth-order valence-electron chi connectivity index (χ4n) is 2.33. The van der Waals surface area contributed by atoms with Crippen molar-refractivity contribution in [3.05, 3.63) is 46.2 Å². The highest BCUT2D eigenvalue weighted by Gasteiger charge is 2.13. The second-order valence-corrected chi connectivity index (χ2v) is 6.32. The number of carbonyl (C=O) groups excluding carboxylic acids is 1. The highest BCUT2D eigenvalue weighted by Crippen LogP contribution is 2.29. The summed E-state index contributed by atoms with van der Waals surface area (Å²) in [6.45, 7) is 4.06. The molecule has 1 amide bonds. The number of amides is 1. The van der Waals surface area contributed by atoms with Crippen molar-refractivity contribution in [3.63, 3.8) is 0 Å². The first kappa shape index (κ1) is 21.3. The number of halogens is 1. The molecule has 2 aromatic rings. The van der Waals surface area contributed by atoms with Gasteiger partial charge in [-0.15, -0.1) is 23.7 Å². The molecule has 7 heteroatoms. The van der Waals surface area contributed by atoms with Gasteiger partial charge < -0.3 is 19.7 Å². The Morgan fingerprint density at radius 1 is 1.28 bits per heavy atom. The van der Waals surface area contributed by atoms with Gasteiger partial charge in [0.05, 0.1) is 13.7 Å². The van der Waals surface area contributed by atoms with E-state index in [4.69, 9.17) is 9.47 Å². The van der Waals surface area contributed by atoms with Crippen LogP contribution in [0.4, 0.5) is 0 Å². The third-order valence-electron chi connectivity index (χ3n) is 3.61. The van der Waals surface area contributed by atoms with Gasteiger partial charge >= 0.3 is 0 Å². The van der Waals surface area contributed by atoms with E-state index >= 15 is 0 Å². The molecular weight excluding hydrogens is 360 g/mol. The number of benzene rings is 1. The molecule has 0 aliphatic rings. The summed E-state index contributed by atoms with van der Waals surface area (Å²) in [6.07, 6.45) is 0. The van der Waals surface area contributed by atoms with E-state index in [0.717, 1.165) is 10.4 Å². The van der Waals surface area contributed by atoms with Crippen molar-refractivity contribution in [2.75, 3.05) is 27.2 Å². The second kappa shape index (κ2) is 11.0. The van der Waals surface area contributed by atoms with E-state index < -0.39 is 0 Å². The van der Waals surface area contributed by atoms with Gasteiger partial charge in [-0.3, -0.25) is 4.79 Å². The first-order valence-electron chi connectivity index (χ1n) is 7.92. The number of likely N-dealkylation sites (N-methyl/N-ethyl adjacent to an activating group) is 2.